The van der Waals surface area contributed by atoms with Gasteiger partial charge in [0.2, 0.25) is 0 Å². The van der Waals surface area contributed by atoms with E-state index in [1.165, 1.54) is 29.1 Å². The molecule has 8 heteroatoms. The first-order valence-electron chi connectivity index (χ1n) is 7.96. The van der Waals surface area contributed by atoms with Crippen LogP contribution in [0.4, 0.5) is 0 Å². The van der Waals surface area contributed by atoms with Crippen molar-refractivity contribution in [3.63, 3.8) is 0 Å². The van der Waals surface area contributed by atoms with Crippen LogP contribution in [0.5, 0.6) is 0 Å². The van der Waals surface area contributed by atoms with Crippen molar-refractivity contribution in [3.05, 3.63) is 48.6 Å². The van der Waals surface area contributed by atoms with Crippen molar-refractivity contribution in [2.75, 3.05) is 23.8 Å². The van der Waals surface area contributed by atoms with Crippen LogP contribution in [-0.2, 0) is 20.4 Å². The smallest absolute Gasteiger partial charge is 0.258 e. The molecular weight excluding hydrogens is 376 g/mol. The monoisotopic (exact) mass is 396 g/mol. The number of amides is 1. The van der Waals surface area contributed by atoms with Crippen molar-refractivity contribution in [1.29, 1.82) is 0 Å². The first-order valence-corrected chi connectivity index (χ1v) is 11.8. The van der Waals surface area contributed by atoms with Crippen LogP contribution in [0, 0.1) is 0 Å². The van der Waals surface area contributed by atoms with Crippen LogP contribution in [0.1, 0.15) is 5.56 Å². The van der Waals surface area contributed by atoms with Gasteiger partial charge in [0.15, 0.2) is 15.0 Å². The van der Waals surface area contributed by atoms with Gasteiger partial charge in [0.05, 0.1) is 23.3 Å². The summed E-state index contributed by atoms with van der Waals surface area (Å²) in [4.78, 5) is 18.3. The normalized spacial score (nSPS) is 25.9. The van der Waals surface area contributed by atoms with E-state index < -0.39 is 9.84 Å². The number of fused-ring (bicyclic) bond motifs is 1. The molecule has 0 bridgehead atoms. The van der Waals surface area contributed by atoms with E-state index in [9.17, 15) is 13.2 Å². The predicted octanol–water partition coefficient (Wildman–Crippen LogP) is 2.20. The van der Waals surface area contributed by atoms with Crippen molar-refractivity contribution >= 4 is 44.4 Å². The van der Waals surface area contributed by atoms with Crippen LogP contribution >= 0.6 is 23.5 Å². The maximum Gasteiger partial charge on any atom is 0.258 e. The first-order chi connectivity index (χ1) is 12.0. The van der Waals surface area contributed by atoms with Gasteiger partial charge in [-0.05, 0) is 5.56 Å². The minimum absolute atomic E-state index is 0.0338. The molecule has 2 aliphatic heterocycles. The van der Waals surface area contributed by atoms with Crippen molar-refractivity contribution in [3.8, 4) is 0 Å². The number of aliphatic imine (C=N–C) groups is 1. The van der Waals surface area contributed by atoms with Crippen LogP contribution in [-0.4, -0.2) is 59.5 Å². The highest BCUT2D eigenvalue weighted by Crippen LogP contribution is 2.38. The quantitative estimate of drug-likeness (QED) is 0.687. The Morgan fingerprint density at radius 1 is 1.36 bits per heavy atom. The van der Waals surface area contributed by atoms with Gasteiger partial charge in [-0.2, -0.15) is 4.99 Å². The van der Waals surface area contributed by atoms with Gasteiger partial charge in [0.1, 0.15) is 0 Å². The Hall–Kier alpha value is -1.25. The molecule has 2 saturated heterocycles. The second-order valence-corrected chi connectivity index (χ2v) is 10.4. The average molecular weight is 397 g/mol. The third-order valence-corrected chi connectivity index (χ3v) is 8.29. The molecule has 1 aromatic carbocycles. The summed E-state index contributed by atoms with van der Waals surface area (Å²) in [6, 6.07) is 9.89. The standard InChI is InChI=1S/C17H20N2O3S3/c1-2-8-19-14-11-25(21,22)12-15(14)24-17(19)18-16(20)10-23-9-13-6-4-3-5-7-13/h2-7,14-15H,1,8-12H2. The van der Waals surface area contributed by atoms with Crippen molar-refractivity contribution in [2.24, 2.45) is 4.99 Å². The van der Waals surface area contributed by atoms with E-state index >= 15 is 0 Å². The second-order valence-electron chi connectivity index (χ2n) is 6.01. The number of benzene rings is 1. The minimum Gasteiger partial charge on any atom is -0.342 e. The molecule has 0 spiro atoms. The Morgan fingerprint density at radius 3 is 2.84 bits per heavy atom. The highest BCUT2D eigenvalue weighted by molar-refractivity contribution is 8.15. The number of hydrogen-bond acceptors (Lipinski definition) is 5. The zero-order valence-corrected chi connectivity index (χ0v) is 16.2. The summed E-state index contributed by atoms with van der Waals surface area (Å²) in [5.74, 6) is 1.19. The van der Waals surface area contributed by atoms with Gasteiger partial charge in [0.25, 0.3) is 5.91 Å². The maximum absolute atomic E-state index is 12.2. The number of carbonyl (C=O) groups excluding carboxylic acids is 1. The summed E-state index contributed by atoms with van der Waals surface area (Å²) in [6.07, 6.45) is 1.72. The van der Waals surface area contributed by atoms with Crippen LogP contribution in [0.2, 0.25) is 0 Å². The third-order valence-electron chi connectivity index (χ3n) is 4.06. The van der Waals surface area contributed by atoms with E-state index in [1.54, 1.807) is 6.08 Å². The Bertz CT molecular complexity index is 778. The third kappa shape index (κ3) is 4.68. The molecule has 134 valence electrons. The summed E-state index contributed by atoms with van der Waals surface area (Å²) in [5, 5.41) is 0.601. The molecule has 0 radical (unpaired) electrons. The molecule has 2 aliphatic rings. The molecule has 0 N–H and O–H groups in total. The SMILES string of the molecule is C=CCN1C(=NC(=O)CSCc2ccccc2)SC2CS(=O)(=O)CC21. The van der Waals surface area contributed by atoms with E-state index in [4.69, 9.17) is 0 Å². The number of sulfone groups is 1. The summed E-state index contributed by atoms with van der Waals surface area (Å²) >= 11 is 2.94. The van der Waals surface area contributed by atoms with E-state index in [0.29, 0.717) is 17.5 Å². The number of amidine groups is 1. The van der Waals surface area contributed by atoms with E-state index in [0.717, 1.165) is 5.75 Å². The highest BCUT2D eigenvalue weighted by atomic mass is 32.2. The lowest BCUT2D eigenvalue weighted by Crippen LogP contribution is -2.37. The Morgan fingerprint density at radius 2 is 2.12 bits per heavy atom. The second kappa shape index (κ2) is 7.97. The molecule has 25 heavy (non-hydrogen) atoms. The molecule has 2 atom stereocenters. The zero-order valence-electron chi connectivity index (χ0n) is 13.7. The molecule has 1 amide bonds. The molecule has 0 saturated carbocycles. The van der Waals surface area contributed by atoms with E-state index in [2.05, 4.69) is 11.6 Å². The van der Waals surface area contributed by atoms with Gasteiger partial charge in [-0.1, -0.05) is 48.2 Å². The van der Waals surface area contributed by atoms with E-state index in [-0.39, 0.29) is 28.7 Å². The van der Waals surface area contributed by atoms with Crippen molar-refractivity contribution < 1.29 is 13.2 Å². The molecule has 1 aromatic rings. The molecular formula is C17H20N2O3S3. The van der Waals surface area contributed by atoms with Crippen LogP contribution in [0.3, 0.4) is 0 Å². The van der Waals surface area contributed by atoms with E-state index in [1.807, 2.05) is 35.2 Å². The topological polar surface area (TPSA) is 66.8 Å². The number of carbonyl (C=O) groups is 1. The molecule has 2 unspecified atom stereocenters. The van der Waals surface area contributed by atoms with Gasteiger partial charge < -0.3 is 4.90 Å². The summed E-state index contributed by atoms with van der Waals surface area (Å²) in [7, 11) is -2.99. The average Bonchev–Trinajstić information content (AvgIpc) is 3.01. The van der Waals surface area contributed by atoms with Gasteiger partial charge in [-0.15, -0.1) is 18.3 Å². The number of nitrogens with zero attached hydrogens (tertiary/aromatic N) is 2. The zero-order chi connectivity index (χ0) is 17.9. The lowest BCUT2D eigenvalue weighted by atomic mass is 10.2. The number of rotatable bonds is 6. The van der Waals surface area contributed by atoms with Crippen LogP contribution < -0.4 is 0 Å². The fourth-order valence-electron chi connectivity index (χ4n) is 2.96. The molecule has 0 aliphatic carbocycles. The maximum atomic E-state index is 12.2. The molecule has 2 fully saturated rings. The fourth-order valence-corrected chi connectivity index (χ4v) is 7.71. The van der Waals surface area contributed by atoms with Crippen molar-refractivity contribution in [2.45, 2.75) is 17.0 Å². The fraction of sp³-hybridized carbons (Fsp3) is 0.412. The molecule has 0 aromatic heterocycles. The summed E-state index contributed by atoms with van der Waals surface area (Å²) in [5.41, 5.74) is 1.18. The summed E-state index contributed by atoms with van der Waals surface area (Å²) < 4.78 is 23.6. The van der Waals surface area contributed by atoms with Gasteiger partial charge in [0, 0.05) is 17.5 Å². The molecule has 5 nitrogen and oxygen atoms in total. The first kappa shape index (κ1) is 18.5. The molecule has 2 heterocycles. The van der Waals surface area contributed by atoms with Gasteiger partial charge in [-0.25, -0.2) is 8.42 Å². The van der Waals surface area contributed by atoms with Crippen LogP contribution in [0.15, 0.2) is 48.0 Å². The van der Waals surface area contributed by atoms with Crippen LogP contribution in [0.25, 0.3) is 0 Å². The Balaban J connectivity index is 1.60. The Labute approximate surface area is 156 Å². The highest BCUT2D eigenvalue weighted by Gasteiger charge is 2.48. The van der Waals surface area contributed by atoms with Gasteiger partial charge in [-0.3, -0.25) is 4.79 Å². The van der Waals surface area contributed by atoms with Gasteiger partial charge >= 0.3 is 0 Å². The summed E-state index contributed by atoms with van der Waals surface area (Å²) in [6.45, 7) is 4.23. The Kier molecular flexibility index (Phi) is 5.91. The number of hydrogen-bond donors (Lipinski definition) is 0. The largest absolute Gasteiger partial charge is 0.342 e. The lowest BCUT2D eigenvalue weighted by Gasteiger charge is -2.22. The lowest BCUT2D eigenvalue weighted by molar-refractivity contribution is -0.115. The predicted molar refractivity (Wildman–Crippen MR) is 106 cm³/mol. The molecule has 3 rings (SSSR count). The van der Waals surface area contributed by atoms with Crippen molar-refractivity contribution in [1.82, 2.24) is 4.90 Å². The minimum atomic E-state index is -2.99. The number of thioether (sulfide) groups is 2.